The van der Waals surface area contributed by atoms with Crippen molar-refractivity contribution in [2.75, 3.05) is 13.1 Å². The fourth-order valence-electron chi connectivity index (χ4n) is 3.22. The fourth-order valence-corrected chi connectivity index (χ4v) is 3.22. The molecule has 0 saturated carbocycles. The van der Waals surface area contributed by atoms with Gasteiger partial charge in [0.25, 0.3) is 5.91 Å². The van der Waals surface area contributed by atoms with Crippen LogP contribution in [-0.4, -0.2) is 34.6 Å². The van der Waals surface area contributed by atoms with Crippen molar-refractivity contribution in [1.29, 1.82) is 0 Å². The van der Waals surface area contributed by atoms with Gasteiger partial charge in [-0.2, -0.15) is 0 Å². The van der Waals surface area contributed by atoms with Gasteiger partial charge in [-0.15, -0.1) is 0 Å². The van der Waals surface area contributed by atoms with Crippen molar-refractivity contribution in [3.63, 3.8) is 0 Å². The molecular formula is C21H21F2NO2. The smallest absolute Gasteiger partial charge is 0.254 e. The van der Waals surface area contributed by atoms with E-state index in [1.807, 2.05) is 36.4 Å². The first-order valence-corrected chi connectivity index (χ1v) is 8.48. The Labute approximate surface area is 151 Å². The van der Waals surface area contributed by atoms with Gasteiger partial charge in [-0.25, -0.2) is 8.78 Å². The lowest BCUT2D eigenvalue weighted by Gasteiger charge is -2.36. The maximum Gasteiger partial charge on any atom is 0.254 e. The summed E-state index contributed by atoms with van der Waals surface area (Å²) >= 11 is 0. The maximum absolute atomic E-state index is 14.3. The first kappa shape index (κ1) is 18.3. The second-order valence-corrected chi connectivity index (χ2v) is 7.08. The number of hydrogen-bond acceptors (Lipinski definition) is 2. The van der Waals surface area contributed by atoms with Crippen molar-refractivity contribution in [2.24, 2.45) is 0 Å². The molecule has 1 aliphatic heterocycles. The third kappa shape index (κ3) is 3.83. The van der Waals surface area contributed by atoms with Gasteiger partial charge in [0, 0.05) is 24.6 Å². The molecule has 1 amide bonds. The van der Waals surface area contributed by atoms with Gasteiger partial charge in [-0.05, 0) is 43.2 Å². The van der Waals surface area contributed by atoms with Crippen LogP contribution in [0.25, 0.3) is 5.57 Å². The van der Waals surface area contributed by atoms with Gasteiger partial charge in [0.1, 0.15) is 17.2 Å². The number of nitrogens with zero attached hydrogens (tertiary/aromatic N) is 1. The van der Waals surface area contributed by atoms with E-state index in [1.165, 1.54) is 18.7 Å². The molecule has 0 bridgehead atoms. The van der Waals surface area contributed by atoms with E-state index in [0.29, 0.717) is 12.1 Å². The highest BCUT2D eigenvalue weighted by Crippen LogP contribution is 2.32. The van der Waals surface area contributed by atoms with Crippen molar-refractivity contribution in [3.8, 4) is 0 Å². The van der Waals surface area contributed by atoms with Crippen LogP contribution in [-0.2, 0) is 4.79 Å². The predicted octanol–water partition coefficient (Wildman–Crippen LogP) is 3.75. The Morgan fingerprint density at radius 1 is 1.15 bits per heavy atom. The molecular weight excluding hydrogens is 336 g/mol. The zero-order valence-corrected chi connectivity index (χ0v) is 14.7. The van der Waals surface area contributed by atoms with Crippen LogP contribution >= 0.6 is 0 Å². The van der Waals surface area contributed by atoms with Gasteiger partial charge in [0.15, 0.2) is 0 Å². The van der Waals surface area contributed by atoms with Gasteiger partial charge in [-0.1, -0.05) is 36.4 Å². The second-order valence-electron chi connectivity index (χ2n) is 7.08. The lowest BCUT2D eigenvalue weighted by atomic mass is 9.89. The summed E-state index contributed by atoms with van der Waals surface area (Å²) in [7, 11) is 0. The zero-order chi connectivity index (χ0) is 18.9. The summed E-state index contributed by atoms with van der Waals surface area (Å²) in [6.45, 7) is 3.33. The number of aliphatic hydroxyl groups is 1. The Hall–Kier alpha value is -2.53. The molecule has 1 aliphatic rings. The van der Waals surface area contributed by atoms with E-state index in [-0.39, 0.29) is 18.0 Å². The monoisotopic (exact) mass is 357 g/mol. The molecule has 0 aromatic heterocycles. The number of rotatable bonds is 3. The van der Waals surface area contributed by atoms with E-state index in [0.717, 1.165) is 23.8 Å². The SMILES string of the molecule is CC(C)(O)C(=O)N1CC(c2cc(F)ccc2F)=CC(c2ccccc2)C1. The van der Waals surface area contributed by atoms with E-state index in [2.05, 4.69) is 0 Å². The van der Waals surface area contributed by atoms with Gasteiger partial charge in [0.2, 0.25) is 0 Å². The topological polar surface area (TPSA) is 40.5 Å². The third-order valence-electron chi connectivity index (χ3n) is 4.49. The van der Waals surface area contributed by atoms with E-state index in [9.17, 15) is 18.7 Å². The highest BCUT2D eigenvalue weighted by molar-refractivity contribution is 5.86. The van der Waals surface area contributed by atoms with Gasteiger partial charge >= 0.3 is 0 Å². The number of carbonyl (C=O) groups is 1. The fraction of sp³-hybridized carbons (Fsp3) is 0.286. The van der Waals surface area contributed by atoms with Crippen molar-refractivity contribution in [3.05, 3.63) is 77.4 Å². The minimum atomic E-state index is -1.54. The molecule has 0 fully saturated rings. The molecule has 0 aliphatic carbocycles. The summed E-state index contributed by atoms with van der Waals surface area (Å²) in [6, 6.07) is 12.8. The lowest BCUT2D eigenvalue weighted by molar-refractivity contribution is -0.147. The Kier molecular flexibility index (Phi) is 4.92. The summed E-state index contributed by atoms with van der Waals surface area (Å²) in [6.07, 6.45) is 1.88. The average Bonchev–Trinajstić information content (AvgIpc) is 2.62. The number of carbonyl (C=O) groups excluding carboxylic acids is 1. The Balaban J connectivity index is 2.04. The van der Waals surface area contributed by atoms with E-state index < -0.39 is 23.1 Å². The Bertz CT molecular complexity index is 841. The predicted molar refractivity (Wildman–Crippen MR) is 96.4 cm³/mol. The summed E-state index contributed by atoms with van der Waals surface area (Å²) in [4.78, 5) is 14.1. The van der Waals surface area contributed by atoms with Crippen LogP contribution in [0.2, 0.25) is 0 Å². The van der Waals surface area contributed by atoms with Crippen LogP contribution in [0.3, 0.4) is 0 Å². The molecule has 0 spiro atoms. The highest BCUT2D eigenvalue weighted by atomic mass is 19.1. The minimum absolute atomic E-state index is 0.118. The lowest BCUT2D eigenvalue weighted by Crippen LogP contribution is -2.48. The normalized spacial score (nSPS) is 17.8. The summed E-state index contributed by atoms with van der Waals surface area (Å²) in [5, 5.41) is 10.1. The molecule has 1 unspecified atom stereocenters. The van der Waals surface area contributed by atoms with Crippen LogP contribution in [0.5, 0.6) is 0 Å². The zero-order valence-electron chi connectivity index (χ0n) is 14.7. The standard InChI is InChI=1S/C21H21F2NO2/c1-21(2,26)20(25)24-12-15(14-6-4-3-5-7-14)10-16(13-24)18-11-17(22)8-9-19(18)23/h3-11,15,26H,12-13H2,1-2H3. The van der Waals surface area contributed by atoms with Crippen molar-refractivity contribution < 1.29 is 18.7 Å². The van der Waals surface area contributed by atoms with E-state index in [1.54, 1.807) is 0 Å². The molecule has 5 heteroatoms. The molecule has 1 atom stereocenters. The molecule has 2 aromatic carbocycles. The molecule has 2 aromatic rings. The van der Waals surface area contributed by atoms with Crippen LogP contribution in [0.4, 0.5) is 8.78 Å². The number of benzene rings is 2. The molecule has 1 heterocycles. The van der Waals surface area contributed by atoms with E-state index >= 15 is 0 Å². The van der Waals surface area contributed by atoms with Crippen molar-refractivity contribution in [2.45, 2.75) is 25.4 Å². The average molecular weight is 357 g/mol. The molecule has 0 saturated heterocycles. The molecule has 26 heavy (non-hydrogen) atoms. The summed E-state index contributed by atoms with van der Waals surface area (Å²) in [5.74, 6) is -1.69. The molecule has 136 valence electrons. The van der Waals surface area contributed by atoms with Gasteiger partial charge < -0.3 is 10.0 Å². The largest absolute Gasteiger partial charge is 0.381 e. The Morgan fingerprint density at radius 3 is 2.50 bits per heavy atom. The number of halogens is 2. The van der Waals surface area contributed by atoms with Crippen LogP contribution in [0.15, 0.2) is 54.6 Å². The minimum Gasteiger partial charge on any atom is -0.381 e. The molecule has 0 radical (unpaired) electrons. The quantitative estimate of drug-likeness (QED) is 0.909. The first-order valence-electron chi connectivity index (χ1n) is 8.48. The maximum atomic E-state index is 14.3. The van der Waals surface area contributed by atoms with Crippen molar-refractivity contribution in [1.82, 2.24) is 4.90 Å². The van der Waals surface area contributed by atoms with Crippen LogP contribution < -0.4 is 0 Å². The second kappa shape index (κ2) is 7.00. The van der Waals surface area contributed by atoms with Gasteiger partial charge in [0.05, 0.1) is 0 Å². The molecule has 1 N–H and O–H groups in total. The number of amides is 1. The molecule has 3 rings (SSSR count). The highest BCUT2D eigenvalue weighted by Gasteiger charge is 2.34. The van der Waals surface area contributed by atoms with Crippen LogP contribution in [0.1, 0.15) is 30.9 Å². The van der Waals surface area contributed by atoms with Gasteiger partial charge in [-0.3, -0.25) is 4.79 Å². The Morgan fingerprint density at radius 2 is 1.85 bits per heavy atom. The summed E-state index contributed by atoms with van der Waals surface area (Å²) in [5.41, 5.74) is 0.0957. The first-order chi connectivity index (χ1) is 12.3. The third-order valence-corrected chi connectivity index (χ3v) is 4.49. The summed E-state index contributed by atoms with van der Waals surface area (Å²) < 4.78 is 27.9. The van der Waals surface area contributed by atoms with E-state index in [4.69, 9.17) is 0 Å². The molecule has 3 nitrogen and oxygen atoms in total. The van der Waals surface area contributed by atoms with Crippen molar-refractivity contribution >= 4 is 11.5 Å². The van der Waals surface area contributed by atoms with Crippen LogP contribution in [0, 0.1) is 11.6 Å². The number of hydrogen-bond donors (Lipinski definition) is 1.